The molecule has 188 valence electrons. The number of nitrogens with zero attached hydrogens (tertiary/aromatic N) is 1. The average Bonchev–Trinajstić information content (AvgIpc) is 2.84. The summed E-state index contributed by atoms with van der Waals surface area (Å²) < 4.78 is 5.73. The SMILES string of the molecule is CN(CCCOCCCCCCNC[C@@H](O)c1ccc(O)c(CO)c1)c1cccc(C(N)=O)c1. The Morgan fingerprint density at radius 2 is 1.85 bits per heavy atom. The number of hydrogen-bond donors (Lipinski definition) is 5. The molecule has 0 aromatic heterocycles. The molecule has 8 heteroatoms. The standard InChI is InChI=1S/C26H39N3O5/c1-29(23-9-6-8-21(17-23)26(27)33)13-7-15-34-14-5-3-2-4-12-28-18-25(32)20-10-11-24(31)22(16-20)19-30/h6,8-11,16-17,25,28,30-32H,2-5,7,12-15,18-19H2,1H3,(H2,27,33)/t25-/m1/s1. The number of unbranched alkanes of at least 4 members (excludes halogenated alkanes) is 3. The summed E-state index contributed by atoms with van der Waals surface area (Å²) in [5, 5.41) is 32.3. The van der Waals surface area contributed by atoms with Gasteiger partial charge in [-0.25, -0.2) is 0 Å². The van der Waals surface area contributed by atoms with E-state index < -0.39 is 12.0 Å². The van der Waals surface area contributed by atoms with Crippen LogP contribution in [0.4, 0.5) is 5.69 Å². The molecule has 2 rings (SSSR count). The lowest BCUT2D eigenvalue weighted by Gasteiger charge is -2.19. The van der Waals surface area contributed by atoms with E-state index in [9.17, 15) is 20.1 Å². The van der Waals surface area contributed by atoms with Gasteiger partial charge in [-0.3, -0.25) is 4.79 Å². The van der Waals surface area contributed by atoms with E-state index in [0.29, 0.717) is 29.8 Å². The fraction of sp³-hybridized carbons (Fsp3) is 0.500. The smallest absolute Gasteiger partial charge is 0.248 e. The number of phenols is 1. The van der Waals surface area contributed by atoms with Crippen molar-refractivity contribution in [1.29, 1.82) is 0 Å². The molecule has 0 aliphatic carbocycles. The number of aliphatic hydroxyl groups excluding tert-OH is 2. The van der Waals surface area contributed by atoms with Crippen molar-refractivity contribution >= 4 is 11.6 Å². The van der Waals surface area contributed by atoms with Crippen molar-refractivity contribution in [3.05, 3.63) is 59.2 Å². The van der Waals surface area contributed by atoms with Gasteiger partial charge in [0.25, 0.3) is 0 Å². The molecule has 0 saturated heterocycles. The molecule has 34 heavy (non-hydrogen) atoms. The zero-order valence-corrected chi connectivity index (χ0v) is 20.1. The van der Waals surface area contributed by atoms with Gasteiger partial charge in [-0.2, -0.15) is 0 Å². The van der Waals surface area contributed by atoms with Crippen LogP contribution < -0.4 is 16.0 Å². The number of hydrogen-bond acceptors (Lipinski definition) is 7. The Bertz CT molecular complexity index is 877. The molecule has 8 nitrogen and oxygen atoms in total. The van der Waals surface area contributed by atoms with Crippen LogP contribution in [0.2, 0.25) is 0 Å². The van der Waals surface area contributed by atoms with Crippen LogP contribution in [-0.4, -0.2) is 61.1 Å². The van der Waals surface area contributed by atoms with E-state index in [2.05, 4.69) is 10.2 Å². The Balaban J connectivity index is 1.45. The van der Waals surface area contributed by atoms with E-state index in [1.54, 1.807) is 24.3 Å². The molecule has 0 heterocycles. The van der Waals surface area contributed by atoms with Gasteiger partial charge in [-0.05, 0) is 61.7 Å². The second-order valence-corrected chi connectivity index (χ2v) is 8.48. The molecule has 1 atom stereocenters. The topological polar surface area (TPSA) is 128 Å². The Kier molecular flexibility index (Phi) is 12.4. The van der Waals surface area contributed by atoms with Gasteiger partial charge in [-0.15, -0.1) is 0 Å². The van der Waals surface area contributed by atoms with Crippen molar-refractivity contribution in [2.24, 2.45) is 5.73 Å². The van der Waals surface area contributed by atoms with Gasteiger partial charge in [0, 0.05) is 50.2 Å². The van der Waals surface area contributed by atoms with Crippen molar-refractivity contribution in [2.45, 2.75) is 44.8 Å². The zero-order valence-electron chi connectivity index (χ0n) is 20.1. The number of primary amides is 1. The highest BCUT2D eigenvalue weighted by molar-refractivity contribution is 5.93. The first-order valence-corrected chi connectivity index (χ1v) is 11.9. The Labute approximate surface area is 202 Å². The number of aliphatic hydroxyl groups is 2. The normalized spacial score (nSPS) is 12.0. The first kappa shape index (κ1) is 27.6. The quantitative estimate of drug-likeness (QED) is 0.224. The number of aromatic hydroxyl groups is 1. The van der Waals surface area contributed by atoms with Crippen LogP contribution in [0.5, 0.6) is 5.75 Å². The summed E-state index contributed by atoms with van der Waals surface area (Å²) in [7, 11) is 1.99. The molecule has 0 aliphatic rings. The van der Waals surface area contributed by atoms with Crippen LogP contribution >= 0.6 is 0 Å². The molecule has 1 amide bonds. The molecule has 0 saturated carbocycles. The second-order valence-electron chi connectivity index (χ2n) is 8.48. The lowest BCUT2D eigenvalue weighted by molar-refractivity contribution is 0.1000. The lowest BCUT2D eigenvalue weighted by Crippen LogP contribution is -2.22. The van der Waals surface area contributed by atoms with E-state index in [1.807, 2.05) is 19.2 Å². The third kappa shape index (κ3) is 9.69. The monoisotopic (exact) mass is 473 g/mol. The number of carbonyl (C=O) groups is 1. The van der Waals surface area contributed by atoms with E-state index in [1.165, 1.54) is 6.07 Å². The summed E-state index contributed by atoms with van der Waals surface area (Å²) in [4.78, 5) is 13.4. The lowest BCUT2D eigenvalue weighted by atomic mass is 10.1. The molecule has 0 unspecified atom stereocenters. The molecule has 0 spiro atoms. The summed E-state index contributed by atoms with van der Waals surface area (Å²) in [6.07, 6.45) is 4.48. The van der Waals surface area contributed by atoms with Gasteiger partial charge in [0.15, 0.2) is 0 Å². The van der Waals surface area contributed by atoms with Crippen LogP contribution in [0.1, 0.15) is 59.7 Å². The molecular formula is C26H39N3O5. The molecule has 0 aliphatic heterocycles. The maximum absolute atomic E-state index is 11.3. The van der Waals surface area contributed by atoms with Gasteiger partial charge < -0.3 is 36.0 Å². The van der Waals surface area contributed by atoms with E-state index in [0.717, 1.165) is 57.5 Å². The second kappa shape index (κ2) is 15.3. The van der Waals surface area contributed by atoms with Crippen LogP contribution in [0.3, 0.4) is 0 Å². The van der Waals surface area contributed by atoms with Gasteiger partial charge in [0.2, 0.25) is 5.91 Å². The molecule has 0 bridgehead atoms. The molecule has 0 fully saturated rings. The van der Waals surface area contributed by atoms with Gasteiger partial charge in [0.1, 0.15) is 5.75 Å². The minimum absolute atomic E-state index is 0.0371. The number of anilines is 1. The fourth-order valence-corrected chi connectivity index (χ4v) is 3.64. The Hall–Kier alpha value is -2.65. The fourth-order valence-electron chi connectivity index (χ4n) is 3.64. The molecule has 0 radical (unpaired) electrons. The molecule has 6 N–H and O–H groups in total. The van der Waals surface area contributed by atoms with E-state index in [-0.39, 0.29) is 12.4 Å². The highest BCUT2D eigenvalue weighted by atomic mass is 16.5. The predicted octanol–water partition coefficient (Wildman–Crippen LogP) is 2.71. The largest absolute Gasteiger partial charge is 0.508 e. The summed E-state index contributed by atoms with van der Waals surface area (Å²) in [6, 6.07) is 12.1. The summed E-state index contributed by atoms with van der Waals surface area (Å²) in [5.41, 5.74) is 7.92. The number of nitrogens with one attached hydrogen (secondary N) is 1. The summed E-state index contributed by atoms with van der Waals surface area (Å²) in [6.45, 7) is 3.29. The number of nitrogens with two attached hydrogens (primary N) is 1. The Morgan fingerprint density at radius 3 is 2.62 bits per heavy atom. The number of benzene rings is 2. The third-order valence-corrected chi connectivity index (χ3v) is 5.74. The van der Waals surface area contributed by atoms with E-state index >= 15 is 0 Å². The summed E-state index contributed by atoms with van der Waals surface area (Å²) in [5.74, 6) is -0.381. The van der Waals surface area contributed by atoms with Crippen LogP contribution in [0.15, 0.2) is 42.5 Å². The maximum Gasteiger partial charge on any atom is 0.248 e. The highest BCUT2D eigenvalue weighted by Crippen LogP contribution is 2.22. The maximum atomic E-state index is 11.3. The highest BCUT2D eigenvalue weighted by Gasteiger charge is 2.10. The predicted molar refractivity (Wildman–Crippen MR) is 134 cm³/mol. The molecule has 2 aromatic rings. The Morgan fingerprint density at radius 1 is 1.09 bits per heavy atom. The van der Waals surface area contributed by atoms with Crippen molar-refractivity contribution < 1.29 is 24.9 Å². The van der Waals surface area contributed by atoms with Gasteiger partial charge in [0.05, 0.1) is 12.7 Å². The third-order valence-electron chi connectivity index (χ3n) is 5.74. The van der Waals surface area contributed by atoms with E-state index in [4.69, 9.17) is 10.5 Å². The number of rotatable bonds is 17. The van der Waals surface area contributed by atoms with Crippen LogP contribution in [-0.2, 0) is 11.3 Å². The minimum atomic E-state index is -0.676. The number of carbonyl (C=O) groups excluding carboxylic acids is 1. The number of ether oxygens (including phenoxy) is 1. The van der Waals surface area contributed by atoms with Crippen molar-refractivity contribution in [3.63, 3.8) is 0 Å². The molecule has 2 aromatic carbocycles. The van der Waals surface area contributed by atoms with Crippen LogP contribution in [0.25, 0.3) is 0 Å². The summed E-state index contributed by atoms with van der Waals surface area (Å²) >= 11 is 0. The number of amides is 1. The van der Waals surface area contributed by atoms with Crippen molar-refractivity contribution in [2.75, 3.05) is 44.8 Å². The van der Waals surface area contributed by atoms with Gasteiger partial charge in [-0.1, -0.05) is 25.0 Å². The first-order chi connectivity index (χ1) is 16.4. The van der Waals surface area contributed by atoms with Crippen LogP contribution in [0, 0.1) is 0 Å². The van der Waals surface area contributed by atoms with Gasteiger partial charge >= 0.3 is 0 Å². The minimum Gasteiger partial charge on any atom is -0.508 e. The van der Waals surface area contributed by atoms with Crippen molar-refractivity contribution in [1.82, 2.24) is 5.32 Å². The zero-order chi connectivity index (χ0) is 24.8. The first-order valence-electron chi connectivity index (χ1n) is 11.9. The molecular weight excluding hydrogens is 434 g/mol. The van der Waals surface area contributed by atoms with Crippen molar-refractivity contribution in [3.8, 4) is 5.75 Å². The average molecular weight is 474 g/mol.